The molecule has 2 heterocycles. The third-order valence-electron chi connectivity index (χ3n) is 6.16. The van der Waals surface area contributed by atoms with E-state index < -0.39 is 0 Å². The predicted octanol–water partition coefficient (Wildman–Crippen LogP) is 5.83. The summed E-state index contributed by atoms with van der Waals surface area (Å²) in [5.41, 5.74) is 7.67. The first-order valence-corrected chi connectivity index (χ1v) is 11.3. The van der Waals surface area contributed by atoms with Gasteiger partial charge in [-0.3, -0.25) is 9.78 Å². The van der Waals surface area contributed by atoms with Crippen LogP contribution in [0.5, 0.6) is 0 Å². The van der Waals surface area contributed by atoms with Gasteiger partial charge < -0.3 is 10.6 Å². The van der Waals surface area contributed by atoms with Gasteiger partial charge in [0.2, 0.25) is 0 Å². The van der Waals surface area contributed by atoms with Crippen LogP contribution in [-0.4, -0.2) is 34.8 Å². The summed E-state index contributed by atoms with van der Waals surface area (Å²) in [5, 5.41) is 0.803. The minimum Gasteiger partial charge on any atom is -0.398 e. The summed E-state index contributed by atoms with van der Waals surface area (Å²) in [6.07, 6.45) is 11.9. The molecule has 2 aliphatic rings. The van der Waals surface area contributed by atoms with Gasteiger partial charge in [0.05, 0.1) is 16.8 Å². The van der Waals surface area contributed by atoms with E-state index in [1.165, 1.54) is 71.2 Å². The highest BCUT2D eigenvalue weighted by atomic mass is 79.9. The number of nitrogens with two attached hydrogens (primary N) is 1. The van der Waals surface area contributed by atoms with Gasteiger partial charge in [0, 0.05) is 28.6 Å². The molecule has 2 aromatic rings. The lowest BCUT2D eigenvalue weighted by Gasteiger charge is -2.29. The van der Waals surface area contributed by atoms with E-state index in [4.69, 9.17) is 5.73 Å². The molecule has 1 saturated carbocycles. The molecular formula is C23H32BrN3O. The quantitative estimate of drug-likeness (QED) is 0.603. The number of fused-ring (bicyclic) bond motifs is 1. The maximum absolute atomic E-state index is 11.3. The molecule has 152 valence electrons. The summed E-state index contributed by atoms with van der Waals surface area (Å²) >= 11 is 3.36. The van der Waals surface area contributed by atoms with Crippen molar-refractivity contribution in [1.29, 1.82) is 0 Å². The zero-order valence-electron chi connectivity index (χ0n) is 17.1. The molecule has 0 radical (unpaired) electrons. The third-order valence-corrected chi connectivity index (χ3v) is 6.65. The molecule has 4 nitrogen and oxygen atoms in total. The van der Waals surface area contributed by atoms with Gasteiger partial charge >= 0.3 is 0 Å². The Balaban J connectivity index is 0.000000162. The second-order valence-electron chi connectivity index (χ2n) is 8.29. The Hall–Kier alpha value is -1.46. The summed E-state index contributed by atoms with van der Waals surface area (Å²) < 4.78 is 0.921. The van der Waals surface area contributed by atoms with Gasteiger partial charge in [-0.25, -0.2) is 0 Å². The van der Waals surface area contributed by atoms with Crippen LogP contribution in [0.4, 0.5) is 5.69 Å². The first kappa shape index (κ1) is 21.3. The zero-order chi connectivity index (χ0) is 20.1. The van der Waals surface area contributed by atoms with Gasteiger partial charge in [-0.05, 0) is 70.2 Å². The van der Waals surface area contributed by atoms with Crippen LogP contribution >= 0.6 is 15.9 Å². The molecule has 2 fully saturated rings. The van der Waals surface area contributed by atoms with Crippen LogP contribution in [0.3, 0.4) is 0 Å². The lowest BCUT2D eigenvalue weighted by Crippen LogP contribution is -2.32. The van der Waals surface area contributed by atoms with Crippen LogP contribution in [0.1, 0.15) is 69.2 Å². The highest BCUT2D eigenvalue weighted by Gasteiger charge is 2.24. The van der Waals surface area contributed by atoms with Crippen LogP contribution < -0.4 is 5.73 Å². The zero-order valence-corrected chi connectivity index (χ0v) is 18.7. The van der Waals surface area contributed by atoms with Crippen molar-refractivity contribution in [3.05, 3.63) is 34.4 Å². The Labute approximate surface area is 177 Å². The van der Waals surface area contributed by atoms with E-state index in [-0.39, 0.29) is 5.78 Å². The fourth-order valence-corrected chi connectivity index (χ4v) is 4.79. The van der Waals surface area contributed by atoms with E-state index in [9.17, 15) is 4.79 Å². The number of halogens is 1. The van der Waals surface area contributed by atoms with Crippen molar-refractivity contribution in [3.8, 4) is 0 Å². The normalized spacial score (nSPS) is 20.8. The largest absolute Gasteiger partial charge is 0.398 e. The second-order valence-corrected chi connectivity index (χ2v) is 9.21. The van der Waals surface area contributed by atoms with E-state index >= 15 is 0 Å². The average molecular weight is 446 g/mol. The first-order chi connectivity index (χ1) is 13.5. The number of benzene rings is 1. The molecule has 0 spiro atoms. The number of rotatable bonds is 3. The maximum Gasteiger partial charge on any atom is 0.163 e. The number of carbonyl (C=O) groups is 1. The smallest absolute Gasteiger partial charge is 0.163 e. The molecule has 1 aliphatic carbocycles. The molecular weight excluding hydrogens is 414 g/mol. The number of ketones is 1. The van der Waals surface area contributed by atoms with Crippen molar-refractivity contribution in [3.63, 3.8) is 0 Å². The molecule has 28 heavy (non-hydrogen) atoms. The summed E-state index contributed by atoms with van der Waals surface area (Å²) in [6.45, 7) is 6.66. The number of aromatic nitrogens is 1. The number of Topliss-reactive ketones (excluding diaryl/α,β-unsaturated/α-hetero) is 1. The van der Waals surface area contributed by atoms with Crippen LogP contribution in [0.15, 0.2) is 28.9 Å². The molecule has 2 N–H and O–H groups in total. The Bertz CT molecular complexity index is 817. The summed E-state index contributed by atoms with van der Waals surface area (Å²) in [7, 11) is 0. The van der Waals surface area contributed by atoms with Crippen molar-refractivity contribution in [2.45, 2.75) is 64.8 Å². The number of likely N-dealkylation sites (tertiary alicyclic amines) is 1. The van der Waals surface area contributed by atoms with E-state index in [1.54, 1.807) is 0 Å². The van der Waals surface area contributed by atoms with E-state index in [2.05, 4.69) is 32.7 Å². The summed E-state index contributed by atoms with van der Waals surface area (Å²) in [4.78, 5) is 18.2. The molecule has 1 aliphatic heterocycles. The minimum atomic E-state index is -0.0677. The molecule has 1 atom stereocenters. The monoisotopic (exact) mass is 445 g/mol. The van der Waals surface area contributed by atoms with E-state index in [0.29, 0.717) is 11.3 Å². The Morgan fingerprint density at radius 3 is 2.61 bits per heavy atom. The van der Waals surface area contributed by atoms with Crippen LogP contribution in [0.2, 0.25) is 0 Å². The number of anilines is 1. The molecule has 1 aromatic carbocycles. The minimum absolute atomic E-state index is 0.0677. The highest BCUT2D eigenvalue weighted by molar-refractivity contribution is 9.10. The summed E-state index contributed by atoms with van der Waals surface area (Å²) in [5.74, 6) is 0.969. The van der Waals surface area contributed by atoms with Crippen LogP contribution in [0.25, 0.3) is 10.9 Å². The molecule has 1 unspecified atom stereocenters. The number of hydrogen-bond donors (Lipinski definition) is 1. The highest BCUT2D eigenvalue weighted by Crippen LogP contribution is 2.27. The van der Waals surface area contributed by atoms with Gasteiger partial charge in [0.15, 0.2) is 5.78 Å². The van der Waals surface area contributed by atoms with Gasteiger partial charge in [-0.15, -0.1) is 0 Å². The maximum atomic E-state index is 11.3. The Kier molecular flexibility index (Phi) is 7.47. The number of nitrogen functional groups attached to an aromatic ring is 1. The average Bonchev–Trinajstić information content (AvgIpc) is 3.08. The number of carbonyl (C=O) groups excluding carboxylic acids is 1. The summed E-state index contributed by atoms with van der Waals surface area (Å²) in [6, 6.07) is 6.49. The Morgan fingerprint density at radius 1 is 1.21 bits per heavy atom. The molecule has 4 rings (SSSR count). The number of pyridine rings is 1. The molecule has 1 aromatic heterocycles. The van der Waals surface area contributed by atoms with Crippen molar-refractivity contribution in [2.24, 2.45) is 5.92 Å². The Morgan fingerprint density at radius 2 is 1.96 bits per heavy atom. The third kappa shape index (κ3) is 5.32. The molecule has 5 heteroatoms. The van der Waals surface area contributed by atoms with Crippen molar-refractivity contribution in [1.82, 2.24) is 9.88 Å². The fraction of sp³-hybridized carbons (Fsp3) is 0.565. The van der Waals surface area contributed by atoms with Crippen LogP contribution in [0, 0.1) is 5.92 Å². The van der Waals surface area contributed by atoms with Crippen molar-refractivity contribution < 1.29 is 4.79 Å². The fourth-order valence-electron chi connectivity index (χ4n) is 4.43. The number of hydrogen-bond acceptors (Lipinski definition) is 4. The SMILES string of the molecule is CC(=O)c1cnc2ccc(Br)cc2c1N.CC1CCCN1CC1CCCCC1. The van der Waals surface area contributed by atoms with Crippen LogP contribution in [-0.2, 0) is 0 Å². The van der Waals surface area contributed by atoms with Gasteiger partial charge in [-0.2, -0.15) is 0 Å². The van der Waals surface area contributed by atoms with E-state index in [0.717, 1.165) is 27.3 Å². The standard InChI is InChI=1S/C12H23N.C11H9BrN2O/c1-11-6-5-9-13(11)10-12-7-3-2-4-8-12;1-6(15)9-5-14-10-3-2-7(12)4-8(10)11(9)13/h11-12H,2-10H2,1H3;2-5H,1H3,(H2,13,14). The number of nitrogens with zero attached hydrogens (tertiary/aromatic N) is 2. The lowest BCUT2D eigenvalue weighted by atomic mass is 9.89. The lowest BCUT2D eigenvalue weighted by molar-refractivity contribution is 0.101. The molecule has 1 saturated heterocycles. The van der Waals surface area contributed by atoms with Gasteiger partial charge in [-0.1, -0.05) is 35.2 Å². The van der Waals surface area contributed by atoms with E-state index in [1.807, 2.05) is 18.2 Å². The topological polar surface area (TPSA) is 59.2 Å². The van der Waals surface area contributed by atoms with Crippen molar-refractivity contribution >= 4 is 38.3 Å². The second kappa shape index (κ2) is 9.84. The van der Waals surface area contributed by atoms with Gasteiger partial charge in [0.25, 0.3) is 0 Å². The van der Waals surface area contributed by atoms with Crippen molar-refractivity contribution in [2.75, 3.05) is 18.8 Å². The first-order valence-electron chi connectivity index (χ1n) is 10.5. The predicted molar refractivity (Wildman–Crippen MR) is 121 cm³/mol. The molecule has 0 bridgehead atoms. The molecule has 0 amide bonds. The van der Waals surface area contributed by atoms with Gasteiger partial charge in [0.1, 0.15) is 0 Å².